The maximum atomic E-state index is 13.3. The van der Waals surface area contributed by atoms with E-state index in [1.165, 1.54) is 13.3 Å². The van der Waals surface area contributed by atoms with Gasteiger partial charge in [-0.25, -0.2) is 9.78 Å². The Morgan fingerprint density at radius 2 is 1.66 bits per heavy atom. The average molecular weight is 526 g/mol. The number of nitrogens with one attached hydrogen (secondary N) is 5. The first-order chi connectivity index (χ1) is 18.0. The summed E-state index contributed by atoms with van der Waals surface area (Å²) in [6.07, 6.45) is 5.38. The first-order valence-corrected chi connectivity index (χ1v) is 12.5. The highest BCUT2D eigenvalue weighted by atomic mass is 16.4. The number of para-hydroxylation sites is 1. The third kappa shape index (κ3) is 7.65. The molecule has 8 N–H and O–H groups in total. The Balaban J connectivity index is 1.73. The van der Waals surface area contributed by atoms with Crippen LogP contribution in [-0.2, 0) is 32.0 Å². The Bertz CT molecular complexity index is 1250. The van der Waals surface area contributed by atoms with Gasteiger partial charge < -0.3 is 36.8 Å². The van der Waals surface area contributed by atoms with Gasteiger partial charge in [0.25, 0.3) is 0 Å². The third-order valence-electron chi connectivity index (χ3n) is 6.14. The van der Waals surface area contributed by atoms with Gasteiger partial charge in [0.05, 0.1) is 12.4 Å². The summed E-state index contributed by atoms with van der Waals surface area (Å²) in [5.74, 6) is -2.89. The van der Waals surface area contributed by atoms with Gasteiger partial charge in [0.2, 0.25) is 17.7 Å². The van der Waals surface area contributed by atoms with E-state index in [2.05, 4.69) is 30.9 Å². The highest BCUT2D eigenvalue weighted by Crippen LogP contribution is 2.19. The van der Waals surface area contributed by atoms with Gasteiger partial charge in [-0.2, -0.15) is 0 Å². The molecule has 4 atom stereocenters. The number of rotatable bonds is 13. The normalized spacial score (nSPS) is 14.4. The maximum Gasteiger partial charge on any atom is 0.326 e. The first-order valence-electron chi connectivity index (χ1n) is 12.5. The van der Waals surface area contributed by atoms with E-state index in [-0.39, 0.29) is 25.2 Å². The van der Waals surface area contributed by atoms with Crippen molar-refractivity contribution in [2.24, 2.45) is 11.7 Å². The number of carbonyl (C=O) groups excluding carboxylic acids is 3. The molecule has 0 aliphatic rings. The molecule has 12 heteroatoms. The molecule has 3 amide bonds. The number of carboxylic acid groups (broad SMARTS) is 1. The standard InChI is InChI=1S/C26H35N7O5/c1-14(2)8-22(26(37)38)33-23(34)15(3)31-25(36)21(9-16-11-29-20-7-5-4-6-18(16)20)32-24(35)19(27)10-17-12-28-13-30-17/h4-7,11-15,19,21-22,29H,8-10,27H2,1-3H3,(H,28,30)(H,31,36)(H,32,35)(H,33,34)(H,37,38). The molecule has 0 bridgehead atoms. The fourth-order valence-electron chi connectivity index (χ4n) is 4.10. The van der Waals surface area contributed by atoms with Crippen LogP contribution in [0.4, 0.5) is 0 Å². The van der Waals surface area contributed by atoms with E-state index in [1.807, 2.05) is 38.1 Å². The van der Waals surface area contributed by atoms with Gasteiger partial charge in [0, 0.05) is 41.8 Å². The molecule has 0 saturated carbocycles. The molecule has 0 saturated heterocycles. The summed E-state index contributed by atoms with van der Waals surface area (Å²) in [6, 6.07) is 3.44. The number of hydrogen-bond acceptors (Lipinski definition) is 6. The number of H-pyrrole nitrogens is 2. The fourth-order valence-corrected chi connectivity index (χ4v) is 4.10. The zero-order chi connectivity index (χ0) is 27.8. The lowest BCUT2D eigenvalue weighted by molar-refractivity contribution is -0.142. The molecule has 3 aromatic rings. The predicted molar refractivity (Wildman–Crippen MR) is 141 cm³/mol. The molecule has 3 rings (SSSR count). The Kier molecular flexibility index (Phi) is 9.61. The Labute approximate surface area is 220 Å². The van der Waals surface area contributed by atoms with Gasteiger partial charge in [0.15, 0.2) is 0 Å². The molecular formula is C26H35N7O5. The summed E-state index contributed by atoms with van der Waals surface area (Å²) in [6.45, 7) is 5.15. The molecule has 12 nitrogen and oxygen atoms in total. The largest absolute Gasteiger partial charge is 0.480 e. The van der Waals surface area contributed by atoms with Crippen molar-refractivity contribution in [3.8, 4) is 0 Å². The van der Waals surface area contributed by atoms with E-state index in [1.54, 1.807) is 12.4 Å². The van der Waals surface area contributed by atoms with Crippen molar-refractivity contribution >= 4 is 34.6 Å². The van der Waals surface area contributed by atoms with Crippen LogP contribution >= 0.6 is 0 Å². The number of aliphatic carboxylic acids is 1. The lowest BCUT2D eigenvalue weighted by atomic mass is 10.0. The number of hydrogen-bond donors (Lipinski definition) is 7. The van der Waals surface area contributed by atoms with Crippen molar-refractivity contribution in [2.45, 2.75) is 64.2 Å². The smallest absolute Gasteiger partial charge is 0.326 e. The number of amides is 3. The minimum atomic E-state index is -1.15. The molecular weight excluding hydrogens is 490 g/mol. The Morgan fingerprint density at radius 1 is 0.947 bits per heavy atom. The number of carbonyl (C=O) groups is 4. The predicted octanol–water partition coefficient (Wildman–Crippen LogP) is 0.609. The van der Waals surface area contributed by atoms with Gasteiger partial charge in [-0.1, -0.05) is 32.0 Å². The third-order valence-corrected chi connectivity index (χ3v) is 6.14. The molecule has 0 radical (unpaired) electrons. The van der Waals surface area contributed by atoms with Crippen LogP contribution in [0.2, 0.25) is 0 Å². The van der Waals surface area contributed by atoms with Crippen LogP contribution in [0.3, 0.4) is 0 Å². The molecule has 0 aliphatic carbocycles. The second-order valence-corrected chi connectivity index (χ2v) is 9.77. The second kappa shape index (κ2) is 12.9. The number of nitrogens with zero attached hydrogens (tertiary/aromatic N) is 1. The minimum Gasteiger partial charge on any atom is -0.480 e. The van der Waals surface area contributed by atoms with Crippen LogP contribution in [0.5, 0.6) is 0 Å². The number of imidazole rings is 1. The summed E-state index contributed by atoms with van der Waals surface area (Å²) < 4.78 is 0. The Morgan fingerprint density at radius 3 is 2.32 bits per heavy atom. The summed E-state index contributed by atoms with van der Waals surface area (Å²) in [5.41, 5.74) is 8.42. The SMILES string of the molecule is CC(C)CC(NC(=O)C(C)NC(=O)C(Cc1c[nH]c2ccccc12)NC(=O)C(N)Cc1cnc[nH]1)C(=O)O. The maximum absolute atomic E-state index is 13.3. The molecule has 0 fully saturated rings. The topological polar surface area (TPSA) is 195 Å². The Hall–Kier alpha value is -4.19. The molecule has 2 heterocycles. The summed E-state index contributed by atoms with van der Waals surface area (Å²) in [5, 5.41) is 18.1. The monoisotopic (exact) mass is 525 g/mol. The van der Waals surface area contributed by atoms with Crippen LogP contribution in [0.1, 0.15) is 38.4 Å². The van der Waals surface area contributed by atoms with Crippen molar-refractivity contribution in [3.05, 3.63) is 54.2 Å². The van der Waals surface area contributed by atoms with E-state index in [0.717, 1.165) is 16.5 Å². The van der Waals surface area contributed by atoms with E-state index < -0.39 is 47.9 Å². The molecule has 38 heavy (non-hydrogen) atoms. The number of fused-ring (bicyclic) bond motifs is 1. The lowest BCUT2D eigenvalue weighted by Crippen LogP contribution is -2.57. The molecule has 0 spiro atoms. The van der Waals surface area contributed by atoms with Gasteiger partial charge in [-0.15, -0.1) is 0 Å². The highest BCUT2D eigenvalue weighted by Gasteiger charge is 2.29. The lowest BCUT2D eigenvalue weighted by Gasteiger charge is -2.24. The van der Waals surface area contributed by atoms with E-state index in [9.17, 15) is 24.3 Å². The molecule has 1 aromatic carbocycles. The van der Waals surface area contributed by atoms with Crippen molar-refractivity contribution in [2.75, 3.05) is 0 Å². The van der Waals surface area contributed by atoms with Crippen LogP contribution in [-0.4, -0.2) is 67.9 Å². The van der Waals surface area contributed by atoms with Crippen LogP contribution in [0, 0.1) is 5.92 Å². The second-order valence-electron chi connectivity index (χ2n) is 9.77. The first kappa shape index (κ1) is 28.4. The van der Waals surface area contributed by atoms with Crippen molar-refractivity contribution in [1.29, 1.82) is 0 Å². The van der Waals surface area contributed by atoms with Gasteiger partial charge in [0.1, 0.15) is 18.1 Å². The van der Waals surface area contributed by atoms with E-state index >= 15 is 0 Å². The number of carboxylic acids is 1. The van der Waals surface area contributed by atoms with Crippen molar-refractivity contribution in [3.63, 3.8) is 0 Å². The summed E-state index contributed by atoms with van der Waals surface area (Å²) >= 11 is 0. The number of aromatic amines is 2. The van der Waals surface area contributed by atoms with Crippen LogP contribution in [0.15, 0.2) is 43.0 Å². The van der Waals surface area contributed by atoms with Gasteiger partial charge >= 0.3 is 5.97 Å². The van der Waals surface area contributed by atoms with Crippen molar-refractivity contribution in [1.82, 2.24) is 30.9 Å². The molecule has 4 unspecified atom stereocenters. The van der Waals surface area contributed by atoms with Crippen LogP contribution in [0.25, 0.3) is 10.9 Å². The molecule has 204 valence electrons. The number of benzene rings is 1. The molecule has 2 aromatic heterocycles. The highest BCUT2D eigenvalue weighted by molar-refractivity contribution is 5.94. The quantitative estimate of drug-likeness (QED) is 0.170. The van der Waals surface area contributed by atoms with E-state index in [0.29, 0.717) is 5.69 Å². The number of nitrogens with two attached hydrogens (primary N) is 1. The zero-order valence-electron chi connectivity index (χ0n) is 21.7. The van der Waals surface area contributed by atoms with Crippen LogP contribution < -0.4 is 21.7 Å². The molecule has 0 aliphatic heterocycles. The van der Waals surface area contributed by atoms with Gasteiger partial charge in [-0.3, -0.25) is 14.4 Å². The summed E-state index contributed by atoms with van der Waals surface area (Å²) in [4.78, 5) is 60.4. The van der Waals surface area contributed by atoms with E-state index in [4.69, 9.17) is 5.73 Å². The minimum absolute atomic E-state index is 0.0445. The average Bonchev–Trinajstić information content (AvgIpc) is 3.52. The number of aromatic nitrogens is 3. The zero-order valence-corrected chi connectivity index (χ0v) is 21.7. The summed E-state index contributed by atoms with van der Waals surface area (Å²) in [7, 11) is 0. The fraction of sp³-hybridized carbons (Fsp3) is 0.423. The van der Waals surface area contributed by atoms with Gasteiger partial charge in [-0.05, 0) is 30.9 Å². The van der Waals surface area contributed by atoms with Crippen molar-refractivity contribution < 1.29 is 24.3 Å².